The van der Waals surface area contributed by atoms with Crippen LogP contribution in [0.4, 0.5) is 0 Å². The summed E-state index contributed by atoms with van der Waals surface area (Å²) in [5, 5.41) is 13.5. The van der Waals surface area contributed by atoms with Crippen LogP contribution in [0.5, 0.6) is 0 Å². The van der Waals surface area contributed by atoms with Gasteiger partial charge in [-0.05, 0) is 78.7 Å². The molecule has 9 rings (SSSR count). The fourth-order valence-electron chi connectivity index (χ4n) is 6.51. The Labute approximate surface area is 234 Å². The van der Waals surface area contributed by atoms with Gasteiger partial charge in [0, 0.05) is 26.4 Å². The Kier molecular flexibility index (Phi) is 4.55. The lowest BCUT2D eigenvalue weighted by Crippen LogP contribution is -1.90. The van der Waals surface area contributed by atoms with E-state index in [1.165, 1.54) is 75.4 Å². The molecule has 9 aromatic rings. The van der Waals surface area contributed by atoms with E-state index >= 15 is 0 Å². The van der Waals surface area contributed by atoms with Crippen LogP contribution in [-0.4, -0.2) is 0 Å². The van der Waals surface area contributed by atoms with Crippen LogP contribution in [0.15, 0.2) is 137 Å². The van der Waals surface area contributed by atoms with Gasteiger partial charge in [-0.2, -0.15) is 0 Å². The van der Waals surface area contributed by atoms with Gasteiger partial charge >= 0.3 is 0 Å². The van der Waals surface area contributed by atoms with Crippen molar-refractivity contribution in [2.45, 2.75) is 0 Å². The fourth-order valence-corrected chi connectivity index (χ4v) is 7.48. The van der Waals surface area contributed by atoms with Crippen LogP contribution in [-0.2, 0) is 0 Å². The Balaban J connectivity index is 1.39. The van der Waals surface area contributed by atoms with Gasteiger partial charge in [-0.25, -0.2) is 0 Å². The summed E-state index contributed by atoms with van der Waals surface area (Å²) in [7, 11) is 0. The summed E-state index contributed by atoms with van der Waals surface area (Å²) in [6.07, 6.45) is 0. The Bertz CT molecular complexity index is 2380. The van der Waals surface area contributed by atoms with Crippen molar-refractivity contribution in [2.24, 2.45) is 0 Å². The average Bonchev–Trinajstić information content (AvgIpc) is 3.59. The Hall–Kier alpha value is -4.92. The van der Waals surface area contributed by atoms with Crippen molar-refractivity contribution >= 4 is 75.7 Å². The first-order valence-corrected chi connectivity index (χ1v) is 14.5. The molecular weight excluding hydrogens is 504 g/mol. The summed E-state index contributed by atoms with van der Waals surface area (Å²) in [5.41, 5.74) is 6.97. The molecule has 2 aromatic heterocycles. The smallest absolute Gasteiger partial charge is 0.136 e. The van der Waals surface area contributed by atoms with E-state index in [1.807, 2.05) is 17.4 Å². The maximum atomic E-state index is 6.31. The van der Waals surface area contributed by atoms with Gasteiger partial charge in [-0.3, -0.25) is 0 Å². The first-order valence-electron chi connectivity index (χ1n) is 13.6. The molecule has 0 fully saturated rings. The summed E-state index contributed by atoms with van der Waals surface area (Å²) in [6.45, 7) is 0. The Morgan fingerprint density at radius 3 is 1.80 bits per heavy atom. The summed E-state index contributed by atoms with van der Waals surface area (Å²) >= 11 is 1.81. The molecule has 0 amide bonds. The summed E-state index contributed by atoms with van der Waals surface area (Å²) in [5.74, 6) is 0. The van der Waals surface area contributed by atoms with Gasteiger partial charge in [0.1, 0.15) is 11.2 Å². The van der Waals surface area contributed by atoms with Gasteiger partial charge in [-0.15, -0.1) is 11.3 Å². The lowest BCUT2D eigenvalue weighted by atomic mass is 9.85. The van der Waals surface area contributed by atoms with E-state index in [9.17, 15) is 0 Å². The minimum atomic E-state index is 0.937. The van der Waals surface area contributed by atoms with Crippen molar-refractivity contribution in [3.8, 4) is 22.3 Å². The number of hydrogen-bond acceptors (Lipinski definition) is 2. The standard InChI is InChI=1S/C38H22OS/c1-2-10-24-19-25(18-17-23(24)9-1)37-27-12-3-5-14-29(27)38(30-15-6-4-13-28(30)37)33-22-40-36-21-31-26-11-7-8-16-34(26)39-35(31)20-32(33)36/h1-22H. The molecule has 0 saturated heterocycles. The molecule has 0 atom stereocenters. The molecule has 2 heteroatoms. The highest BCUT2D eigenvalue weighted by Crippen LogP contribution is 2.47. The predicted molar refractivity (Wildman–Crippen MR) is 172 cm³/mol. The number of fused-ring (bicyclic) bond motifs is 7. The molecule has 2 heterocycles. The Morgan fingerprint density at radius 1 is 0.425 bits per heavy atom. The molecule has 40 heavy (non-hydrogen) atoms. The first kappa shape index (κ1) is 22.0. The van der Waals surface area contributed by atoms with E-state index < -0.39 is 0 Å². The topological polar surface area (TPSA) is 13.1 Å². The zero-order chi connectivity index (χ0) is 26.2. The maximum absolute atomic E-state index is 6.31. The van der Waals surface area contributed by atoms with Gasteiger partial charge in [0.05, 0.1) is 0 Å². The molecule has 0 spiro atoms. The molecule has 186 valence electrons. The number of benzene rings is 7. The van der Waals surface area contributed by atoms with Crippen LogP contribution in [0.2, 0.25) is 0 Å². The third-order valence-corrected chi connectivity index (χ3v) is 9.26. The highest BCUT2D eigenvalue weighted by Gasteiger charge is 2.20. The normalized spacial score (nSPS) is 12.0. The number of para-hydroxylation sites is 1. The molecule has 0 N–H and O–H groups in total. The van der Waals surface area contributed by atoms with Gasteiger partial charge in [0.15, 0.2) is 0 Å². The largest absolute Gasteiger partial charge is 0.456 e. The van der Waals surface area contributed by atoms with E-state index in [0.717, 1.165) is 11.2 Å². The van der Waals surface area contributed by atoms with Crippen LogP contribution >= 0.6 is 11.3 Å². The molecule has 0 aliphatic heterocycles. The van der Waals surface area contributed by atoms with E-state index in [-0.39, 0.29) is 0 Å². The highest BCUT2D eigenvalue weighted by molar-refractivity contribution is 7.17. The van der Waals surface area contributed by atoms with E-state index in [4.69, 9.17) is 4.42 Å². The number of hydrogen-bond donors (Lipinski definition) is 0. The van der Waals surface area contributed by atoms with E-state index in [0.29, 0.717) is 0 Å². The van der Waals surface area contributed by atoms with Crippen LogP contribution < -0.4 is 0 Å². The number of thiophene rings is 1. The van der Waals surface area contributed by atoms with Gasteiger partial charge in [0.25, 0.3) is 0 Å². The molecule has 7 aromatic carbocycles. The monoisotopic (exact) mass is 526 g/mol. The molecular formula is C38H22OS. The van der Waals surface area contributed by atoms with Crippen LogP contribution in [0.25, 0.3) is 86.6 Å². The lowest BCUT2D eigenvalue weighted by molar-refractivity contribution is 0.669. The fraction of sp³-hybridized carbons (Fsp3) is 0. The quantitative estimate of drug-likeness (QED) is 0.204. The lowest BCUT2D eigenvalue weighted by Gasteiger charge is -2.17. The zero-order valence-electron chi connectivity index (χ0n) is 21.5. The van der Waals surface area contributed by atoms with Crippen LogP contribution in [0, 0.1) is 0 Å². The third kappa shape index (κ3) is 3.08. The SMILES string of the molecule is c1ccc2cc(-c3c4ccccc4c(-c4csc5cc6c(cc45)oc4ccccc46)c4ccccc34)ccc2c1. The number of rotatable bonds is 2. The minimum Gasteiger partial charge on any atom is -0.456 e. The zero-order valence-corrected chi connectivity index (χ0v) is 22.3. The molecule has 1 nitrogen and oxygen atoms in total. The Morgan fingerprint density at radius 2 is 1.05 bits per heavy atom. The summed E-state index contributed by atoms with van der Waals surface area (Å²) < 4.78 is 7.59. The second kappa shape index (κ2) is 8.29. The summed E-state index contributed by atoms with van der Waals surface area (Å²) in [6, 6.07) is 46.1. The molecule has 0 unspecified atom stereocenters. The average molecular weight is 527 g/mol. The molecule has 0 radical (unpaired) electrons. The van der Waals surface area contributed by atoms with Crippen molar-refractivity contribution in [1.82, 2.24) is 0 Å². The molecule has 0 aliphatic carbocycles. The first-order chi connectivity index (χ1) is 19.8. The second-order valence-corrected chi connectivity index (χ2v) is 11.4. The second-order valence-electron chi connectivity index (χ2n) is 10.5. The van der Waals surface area contributed by atoms with Gasteiger partial charge in [0.2, 0.25) is 0 Å². The van der Waals surface area contributed by atoms with Crippen molar-refractivity contribution in [1.29, 1.82) is 0 Å². The van der Waals surface area contributed by atoms with Crippen molar-refractivity contribution in [2.75, 3.05) is 0 Å². The maximum Gasteiger partial charge on any atom is 0.136 e. The van der Waals surface area contributed by atoms with Gasteiger partial charge in [-0.1, -0.05) is 103 Å². The van der Waals surface area contributed by atoms with Crippen molar-refractivity contribution < 1.29 is 4.42 Å². The summed E-state index contributed by atoms with van der Waals surface area (Å²) in [4.78, 5) is 0. The van der Waals surface area contributed by atoms with Crippen LogP contribution in [0.3, 0.4) is 0 Å². The van der Waals surface area contributed by atoms with Crippen LogP contribution in [0.1, 0.15) is 0 Å². The van der Waals surface area contributed by atoms with E-state index in [1.54, 1.807) is 0 Å². The third-order valence-electron chi connectivity index (χ3n) is 8.31. The number of furan rings is 1. The predicted octanol–water partition coefficient (Wildman–Crippen LogP) is 11.6. The van der Waals surface area contributed by atoms with Crippen molar-refractivity contribution in [3.63, 3.8) is 0 Å². The van der Waals surface area contributed by atoms with Gasteiger partial charge < -0.3 is 4.42 Å². The highest BCUT2D eigenvalue weighted by atomic mass is 32.1. The minimum absolute atomic E-state index is 0.937. The molecule has 0 saturated carbocycles. The molecule has 0 aliphatic rings. The van der Waals surface area contributed by atoms with Crippen molar-refractivity contribution in [3.05, 3.63) is 133 Å². The molecule has 0 bridgehead atoms. The van der Waals surface area contributed by atoms with E-state index in [2.05, 4.69) is 127 Å².